The fourth-order valence-electron chi connectivity index (χ4n) is 1.54. The van der Waals surface area contributed by atoms with Crippen molar-refractivity contribution in [2.75, 3.05) is 5.73 Å². The van der Waals surface area contributed by atoms with Gasteiger partial charge in [-0.05, 0) is 12.1 Å². The highest BCUT2D eigenvalue weighted by atomic mass is 32.1. The monoisotopic (exact) mass is 276 g/mol. The maximum Gasteiger partial charge on any atom is 0.318 e. The molecule has 19 heavy (non-hydrogen) atoms. The van der Waals surface area contributed by atoms with Gasteiger partial charge >= 0.3 is 6.03 Å². The molecule has 0 aliphatic carbocycles. The highest BCUT2D eigenvalue weighted by Crippen LogP contribution is 2.25. The highest BCUT2D eigenvalue weighted by Gasteiger charge is 2.10. The van der Waals surface area contributed by atoms with Crippen molar-refractivity contribution in [2.24, 2.45) is 5.73 Å². The number of anilines is 1. The van der Waals surface area contributed by atoms with Crippen LogP contribution >= 0.6 is 11.3 Å². The average molecular weight is 276 g/mol. The highest BCUT2D eigenvalue weighted by molar-refractivity contribution is 7.13. The number of urea groups is 1. The Labute approximate surface area is 113 Å². The molecule has 0 spiro atoms. The number of benzene rings is 1. The third-order valence-corrected chi connectivity index (χ3v) is 3.23. The van der Waals surface area contributed by atoms with Gasteiger partial charge in [-0.25, -0.2) is 9.78 Å². The summed E-state index contributed by atoms with van der Waals surface area (Å²) < 4.78 is 0. The van der Waals surface area contributed by atoms with Crippen molar-refractivity contribution in [3.8, 4) is 10.6 Å². The lowest BCUT2D eigenvalue weighted by molar-refractivity contribution is -0.119. The summed E-state index contributed by atoms with van der Waals surface area (Å²) in [5, 5.41) is 4.53. The van der Waals surface area contributed by atoms with Gasteiger partial charge in [0.15, 0.2) is 0 Å². The molecular formula is C12H12N4O2S. The summed E-state index contributed by atoms with van der Waals surface area (Å²) in [7, 11) is 0. The van der Waals surface area contributed by atoms with Crippen LogP contribution in [0.1, 0.15) is 5.69 Å². The number of nitrogen functional groups attached to an aromatic ring is 1. The Balaban J connectivity index is 2.11. The average Bonchev–Trinajstić information content (AvgIpc) is 2.76. The Bertz CT molecular complexity index is 624. The van der Waals surface area contributed by atoms with Gasteiger partial charge in [0.05, 0.1) is 12.1 Å². The van der Waals surface area contributed by atoms with E-state index in [4.69, 9.17) is 11.5 Å². The van der Waals surface area contributed by atoms with E-state index < -0.39 is 11.9 Å². The molecule has 1 heterocycles. The van der Waals surface area contributed by atoms with E-state index in [1.54, 1.807) is 11.4 Å². The number of nitrogens with one attached hydrogen (secondary N) is 1. The maximum atomic E-state index is 11.4. The van der Waals surface area contributed by atoms with Crippen LogP contribution in [0.25, 0.3) is 10.6 Å². The van der Waals surface area contributed by atoms with E-state index in [-0.39, 0.29) is 6.42 Å². The number of nitrogens with zero attached hydrogens (tertiary/aromatic N) is 1. The molecule has 7 heteroatoms. The number of primary amides is 1. The third-order valence-electron chi connectivity index (χ3n) is 2.29. The number of rotatable bonds is 3. The summed E-state index contributed by atoms with van der Waals surface area (Å²) in [6.45, 7) is 0. The van der Waals surface area contributed by atoms with Gasteiger partial charge in [0.2, 0.25) is 5.91 Å². The molecule has 2 aromatic rings. The second kappa shape index (κ2) is 5.49. The second-order valence-electron chi connectivity index (χ2n) is 3.86. The minimum Gasteiger partial charge on any atom is -0.399 e. The van der Waals surface area contributed by atoms with Crippen molar-refractivity contribution in [3.63, 3.8) is 0 Å². The van der Waals surface area contributed by atoms with Crippen LogP contribution in [-0.2, 0) is 11.2 Å². The van der Waals surface area contributed by atoms with Gasteiger partial charge in [-0.3, -0.25) is 10.1 Å². The Hall–Kier alpha value is -2.41. The normalized spacial score (nSPS) is 10.1. The molecule has 98 valence electrons. The van der Waals surface area contributed by atoms with Gasteiger partial charge < -0.3 is 11.5 Å². The van der Waals surface area contributed by atoms with E-state index >= 15 is 0 Å². The van der Waals surface area contributed by atoms with Crippen LogP contribution in [-0.4, -0.2) is 16.9 Å². The van der Waals surface area contributed by atoms with E-state index in [2.05, 4.69) is 4.98 Å². The number of hydrogen-bond donors (Lipinski definition) is 3. The number of imide groups is 1. The van der Waals surface area contributed by atoms with Crippen LogP contribution in [0.3, 0.4) is 0 Å². The predicted octanol–water partition coefficient (Wildman–Crippen LogP) is 1.13. The number of carbonyl (C=O) groups excluding carboxylic acids is 2. The fraction of sp³-hybridized carbons (Fsp3) is 0.0833. The molecule has 0 saturated heterocycles. The van der Waals surface area contributed by atoms with E-state index in [1.165, 1.54) is 11.3 Å². The molecule has 3 amide bonds. The van der Waals surface area contributed by atoms with Crippen molar-refractivity contribution in [1.82, 2.24) is 10.3 Å². The minimum absolute atomic E-state index is 0.0156. The molecule has 1 aromatic carbocycles. The Morgan fingerprint density at radius 2 is 2.16 bits per heavy atom. The summed E-state index contributed by atoms with van der Waals surface area (Å²) in [6.07, 6.45) is 0.0156. The van der Waals surface area contributed by atoms with Crippen molar-refractivity contribution in [2.45, 2.75) is 6.42 Å². The van der Waals surface area contributed by atoms with Crippen molar-refractivity contribution in [3.05, 3.63) is 35.3 Å². The van der Waals surface area contributed by atoms with Gasteiger partial charge in [0.1, 0.15) is 5.01 Å². The summed E-state index contributed by atoms with van der Waals surface area (Å²) in [5.74, 6) is -0.475. The summed E-state index contributed by atoms with van der Waals surface area (Å²) in [5.41, 5.74) is 12.7. The first-order valence-corrected chi connectivity index (χ1v) is 6.32. The molecule has 0 atom stereocenters. The second-order valence-corrected chi connectivity index (χ2v) is 4.72. The number of aromatic nitrogens is 1. The zero-order valence-corrected chi connectivity index (χ0v) is 10.7. The van der Waals surface area contributed by atoms with Crippen molar-refractivity contribution < 1.29 is 9.59 Å². The molecule has 0 fully saturated rings. The number of hydrogen-bond acceptors (Lipinski definition) is 5. The van der Waals surface area contributed by atoms with E-state index in [1.807, 2.05) is 23.5 Å². The lowest BCUT2D eigenvalue weighted by Gasteiger charge is -1.98. The molecule has 0 aliphatic heterocycles. The van der Waals surface area contributed by atoms with Crippen LogP contribution in [0.15, 0.2) is 29.6 Å². The first kappa shape index (κ1) is 13.0. The van der Waals surface area contributed by atoms with Crippen LogP contribution in [0, 0.1) is 0 Å². The third kappa shape index (κ3) is 3.52. The van der Waals surface area contributed by atoms with Crippen LogP contribution < -0.4 is 16.8 Å². The Morgan fingerprint density at radius 3 is 2.84 bits per heavy atom. The molecule has 0 unspecified atom stereocenters. The van der Waals surface area contributed by atoms with E-state index in [0.29, 0.717) is 11.4 Å². The first-order chi connectivity index (χ1) is 9.04. The molecule has 1 aromatic heterocycles. The maximum absolute atomic E-state index is 11.4. The molecule has 2 rings (SSSR count). The van der Waals surface area contributed by atoms with Crippen LogP contribution in [0.4, 0.5) is 10.5 Å². The van der Waals surface area contributed by atoms with Crippen molar-refractivity contribution in [1.29, 1.82) is 0 Å². The zero-order valence-electron chi connectivity index (χ0n) is 9.92. The van der Waals surface area contributed by atoms with Gasteiger partial charge in [-0.1, -0.05) is 12.1 Å². The SMILES string of the molecule is NC(=O)NC(=O)Cc1csc(-c2cccc(N)c2)n1. The topological polar surface area (TPSA) is 111 Å². The fourth-order valence-corrected chi connectivity index (χ4v) is 2.36. The van der Waals surface area contributed by atoms with Gasteiger partial charge in [0, 0.05) is 16.6 Å². The Kier molecular flexibility index (Phi) is 3.76. The molecular weight excluding hydrogens is 264 g/mol. The number of carbonyl (C=O) groups is 2. The molecule has 0 radical (unpaired) electrons. The van der Waals surface area contributed by atoms with Gasteiger partial charge in [0.25, 0.3) is 0 Å². The molecule has 0 bridgehead atoms. The number of amides is 3. The van der Waals surface area contributed by atoms with Crippen LogP contribution in [0.5, 0.6) is 0 Å². The predicted molar refractivity (Wildman–Crippen MR) is 73.4 cm³/mol. The molecule has 6 nitrogen and oxygen atoms in total. The van der Waals surface area contributed by atoms with Crippen molar-refractivity contribution >= 4 is 29.0 Å². The van der Waals surface area contributed by atoms with Gasteiger partial charge in [-0.15, -0.1) is 11.3 Å². The van der Waals surface area contributed by atoms with Gasteiger partial charge in [-0.2, -0.15) is 0 Å². The lowest BCUT2D eigenvalue weighted by atomic mass is 10.2. The molecule has 0 aliphatic rings. The lowest BCUT2D eigenvalue weighted by Crippen LogP contribution is -2.35. The van der Waals surface area contributed by atoms with E-state index in [9.17, 15) is 9.59 Å². The minimum atomic E-state index is -0.865. The zero-order chi connectivity index (χ0) is 13.8. The smallest absolute Gasteiger partial charge is 0.318 e. The standard InChI is InChI=1S/C12H12N4O2S/c13-8-3-1-2-7(4-8)11-15-9(6-19-11)5-10(17)16-12(14)18/h1-4,6H,5,13H2,(H3,14,16,17,18). The summed E-state index contributed by atoms with van der Waals surface area (Å²) >= 11 is 1.41. The van der Waals surface area contributed by atoms with E-state index in [0.717, 1.165) is 10.6 Å². The molecule has 5 N–H and O–H groups in total. The number of thiazole rings is 1. The molecule has 0 saturated carbocycles. The largest absolute Gasteiger partial charge is 0.399 e. The van der Waals surface area contributed by atoms with Crippen LogP contribution in [0.2, 0.25) is 0 Å². The summed E-state index contributed by atoms with van der Waals surface area (Å²) in [6, 6.07) is 6.47. The summed E-state index contributed by atoms with van der Waals surface area (Å²) in [4.78, 5) is 26.2. The Morgan fingerprint density at radius 1 is 1.37 bits per heavy atom. The number of nitrogens with two attached hydrogens (primary N) is 2. The quantitative estimate of drug-likeness (QED) is 0.729. The first-order valence-electron chi connectivity index (χ1n) is 5.44.